The number of hydrogen-bond acceptors (Lipinski definition) is 0. The molecule has 0 heterocycles. The summed E-state index contributed by atoms with van der Waals surface area (Å²) in [5, 5.41) is 0. The fraction of sp³-hybridized carbons (Fsp3) is 0.333. The van der Waals surface area contributed by atoms with Gasteiger partial charge in [0.2, 0.25) is 0 Å². The van der Waals surface area contributed by atoms with Gasteiger partial charge < -0.3 is 12.4 Å². The van der Waals surface area contributed by atoms with Gasteiger partial charge in [0.1, 0.15) is 5.69 Å². The van der Waals surface area contributed by atoms with E-state index in [9.17, 15) is 0 Å². The maximum atomic E-state index is 4.78. The smallest absolute Gasteiger partial charge is 0.353 e. The van der Waals surface area contributed by atoms with Crippen molar-refractivity contribution in [3.8, 4) is 0 Å². The van der Waals surface area contributed by atoms with Gasteiger partial charge in [-0.3, -0.25) is 14.5 Å². The van der Waals surface area contributed by atoms with E-state index < -0.39 is 0 Å². The Labute approximate surface area is 99.3 Å². The Kier molecular flexibility index (Phi) is 9.30. The summed E-state index contributed by atoms with van der Waals surface area (Å²) in [6.07, 6.45) is 0. The third-order valence-corrected chi connectivity index (χ3v) is 1.53. The monoisotopic (exact) mass is 235 g/mol. The molecule has 0 saturated carbocycles. The van der Waals surface area contributed by atoms with Crippen molar-refractivity contribution in [3.63, 3.8) is 0 Å². The molecule has 0 unspecified atom stereocenters. The summed E-state index contributed by atoms with van der Waals surface area (Å²) < 4.78 is 0.890. The summed E-state index contributed by atoms with van der Waals surface area (Å²) in [6.45, 7) is 0. The lowest BCUT2D eigenvalue weighted by Crippen LogP contribution is -3.00. The lowest BCUT2D eigenvalue weighted by Gasteiger charge is -2.22. The minimum absolute atomic E-state index is 0. The van der Waals surface area contributed by atoms with Gasteiger partial charge in [0.15, 0.2) is 0 Å². The second-order valence-corrected chi connectivity index (χ2v) is 3.35. The fourth-order valence-electron chi connectivity index (χ4n) is 0.875. The normalized spacial score (nSPS) is 9.23. The van der Waals surface area contributed by atoms with Gasteiger partial charge in [-0.25, -0.2) is 0 Å². The highest BCUT2D eigenvalue weighted by molar-refractivity contribution is 6.80. The SMILES string of the molecule is C[N+](C)(C)c1ccccc1.[AlH2][Cl].[Cl-]. The van der Waals surface area contributed by atoms with Crippen molar-refractivity contribution in [2.75, 3.05) is 21.1 Å². The summed E-state index contributed by atoms with van der Waals surface area (Å²) in [5.41, 5.74) is 1.34. The summed E-state index contributed by atoms with van der Waals surface area (Å²) in [4.78, 5) is 0. The lowest BCUT2D eigenvalue weighted by atomic mass is 10.3. The van der Waals surface area contributed by atoms with Crippen LogP contribution in [0.4, 0.5) is 5.69 Å². The molecule has 0 atom stereocenters. The Morgan fingerprint density at radius 1 is 1.00 bits per heavy atom. The van der Waals surface area contributed by atoms with Gasteiger partial charge in [-0.15, -0.1) is 0 Å². The average Bonchev–Trinajstić information content (AvgIpc) is 2.08. The van der Waals surface area contributed by atoms with Crippen LogP contribution in [0.3, 0.4) is 0 Å². The highest BCUT2D eigenvalue weighted by Gasteiger charge is 2.08. The summed E-state index contributed by atoms with van der Waals surface area (Å²) in [7, 11) is 11.3. The number of benzene rings is 1. The molecule has 0 N–H and O–H groups in total. The van der Waals surface area contributed by atoms with Crippen molar-refractivity contribution < 1.29 is 12.4 Å². The van der Waals surface area contributed by atoms with Crippen LogP contribution in [0, 0.1) is 0 Å². The topological polar surface area (TPSA) is 0 Å². The highest BCUT2D eigenvalue weighted by atomic mass is 35.6. The number of para-hydroxylation sites is 1. The van der Waals surface area contributed by atoms with E-state index in [1.807, 2.05) is 6.07 Å². The molecule has 4 heteroatoms. The Morgan fingerprint density at radius 2 is 1.38 bits per heavy atom. The minimum atomic E-state index is 0. The van der Waals surface area contributed by atoms with E-state index in [4.69, 9.17) is 10.0 Å². The van der Waals surface area contributed by atoms with Crippen molar-refractivity contribution in [1.82, 2.24) is 4.48 Å². The highest BCUT2D eigenvalue weighted by Crippen LogP contribution is 2.14. The fourth-order valence-corrected chi connectivity index (χ4v) is 0.875. The van der Waals surface area contributed by atoms with Gasteiger partial charge in [0.05, 0.1) is 21.1 Å². The van der Waals surface area contributed by atoms with Gasteiger partial charge in [0, 0.05) is 0 Å². The van der Waals surface area contributed by atoms with Gasteiger partial charge in [-0.05, 0) is 12.1 Å². The molecule has 1 nitrogen and oxygen atoms in total. The van der Waals surface area contributed by atoms with Crippen molar-refractivity contribution >= 4 is 31.1 Å². The largest absolute Gasteiger partial charge is 1.00 e. The molecule has 0 aliphatic heterocycles. The molecule has 0 aliphatic carbocycles. The van der Waals surface area contributed by atoms with E-state index in [2.05, 4.69) is 45.4 Å². The molecule has 74 valence electrons. The first-order valence-electron chi connectivity index (χ1n) is 3.85. The van der Waals surface area contributed by atoms with Crippen LogP contribution in [0.5, 0.6) is 0 Å². The molecule has 0 saturated heterocycles. The van der Waals surface area contributed by atoms with Crippen LogP contribution in [-0.4, -0.2) is 36.5 Å². The number of rotatable bonds is 1. The second kappa shape index (κ2) is 7.67. The van der Waals surface area contributed by atoms with E-state index in [0.29, 0.717) is 0 Å². The van der Waals surface area contributed by atoms with E-state index in [-0.39, 0.29) is 12.4 Å². The van der Waals surface area contributed by atoms with Crippen LogP contribution in [0.25, 0.3) is 0 Å². The summed E-state index contributed by atoms with van der Waals surface area (Å²) in [6, 6.07) is 10.5. The van der Waals surface area contributed by atoms with Crippen LogP contribution in [0.2, 0.25) is 0 Å². The maximum absolute atomic E-state index is 4.78. The quantitative estimate of drug-likeness (QED) is 0.418. The Morgan fingerprint density at radius 3 is 1.62 bits per heavy atom. The van der Waals surface area contributed by atoms with Crippen LogP contribution < -0.4 is 16.9 Å². The molecular formula is C9H16AlCl2N. The van der Waals surface area contributed by atoms with Crippen LogP contribution >= 0.6 is 10.0 Å². The van der Waals surface area contributed by atoms with E-state index in [1.165, 1.54) is 5.69 Å². The number of halogens is 2. The van der Waals surface area contributed by atoms with Crippen LogP contribution in [0.15, 0.2) is 30.3 Å². The molecule has 0 aliphatic rings. The molecule has 0 fully saturated rings. The number of nitrogens with zero attached hydrogens (tertiary/aromatic N) is 1. The van der Waals surface area contributed by atoms with E-state index >= 15 is 0 Å². The third kappa shape index (κ3) is 6.37. The van der Waals surface area contributed by atoms with Crippen LogP contribution in [0.1, 0.15) is 0 Å². The Bertz CT molecular complexity index is 209. The first-order chi connectivity index (χ1) is 5.61. The van der Waals surface area contributed by atoms with Gasteiger partial charge in [0.25, 0.3) is 0 Å². The molecular weight excluding hydrogens is 220 g/mol. The van der Waals surface area contributed by atoms with E-state index in [1.54, 1.807) is 0 Å². The summed E-state index contributed by atoms with van der Waals surface area (Å²) in [5.74, 6) is 0. The number of hydrogen-bond donors (Lipinski definition) is 0. The van der Waals surface area contributed by atoms with Crippen molar-refractivity contribution in [2.24, 2.45) is 0 Å². The second-order valence-electron chi connectivity index (χ2n) is 3.35. The first kappa shape index (κ1) is 15.8. The average molecular weight is 236 g/mol. The Balaban J connectivity index is 0. The van der Waals surface area contributed by atoms with Crippen molar-refractivity contribution in [1.29, 1.82) is 0 Å². The molecule has 1 rings (SSSR count). The number of quaternary nitrogens is 1. The zero-order chi connectivity index (χ0) is 9.61. The molecule has 1 aromatic rings. The van der Waals surface area contributed by atoms with E-state index in [0.717, 1.165) is 19.9 Å². The lowest BCUT2D eigenvalue weighted by molar-refractivity contribution is -0.00000264. The van der Waals surface area contributed by atoms with Crippen molar-refractivity contribution in [3.05, 3.63) is 30.3 Å². The molecule has 0 spiro atoms. The van der Waals surface area contributed by atoms with Crippen molar-refractivity contribution in [2.45, 2.75) is 0 Å². The van der Waals surface area contributed by atoms with Gasteiger partial charge in [-0.2, -0.15) is 0 Å². The minimum Gasteiger partial charge on any atom is -1.00 e. The zero-order valence-corrected chi connectivity index (χ0v) is 12.1. The predicted octanol–water partition coefficient (Wildman–Crippen LogP) is -1.34. The van der Waals surface area contributed by atoms with Gasteiger partial charge >= 0.3 is 15.4 Å². The maximum Gasteiger partial charge on any atom is 0.353 e. The molecule has 13 heavy (non-hydrogen) atoms. The molecule has 1 aromatic carbocycles. The Hall–Kier alpha value is 0.292. The first-order valence-corrected chi connectivity index (χ1v) is 6.88. The third-order valence-electron chi connectivity index (χ3n) is 1.53. The van der Waals surface area contributed by atoms with Gasteiger partial charge in [-0.1, -0.05) is 18.2 Å². The molecule has 0 radical (unpaired) electrons. The predicted molar refractivity (Wildman–Crippen MR) is 60.4 cm³/mol. The molecule has 0 aromatic heterocycles. The zero-order valence-electron chi connectivity index (χ0n) is 8.59. The molecule has 0 amide bonds. The summed E-state index contributed by atoms with van der Waals surface area (Å²) >= 11 is 0.778. The standard InChI is InChI=1S/C9H14N.Al.2ClH.2H/c1-10(2,3)9-7-5-4-6-8-9;;;;;/h4-8H,1-3H3;;2*1H;;/q2*+1;;;;/p-2. The van der Waals surface area contributed by atoms with Crippen LogP contribution in [-0.2, 0) is 0 Å². The molecule has 0 bridgehead atoms.